The van der Waals surface area contributed by atoms with Crippen molar-refractivity contribution in [3.8, 4) is 17.6 Å². The molecule has 0 heterocycles. The van der Waals surface area contributed by atoms with Crippen LogP contribution in [0.15, 0.2) is 18.2 Å². The lowest BCUT2D eigenvalue weighted by molar-refractivity contribution is 0.335. The molecule has 19 heavy (non-hydrogen) atoms. The molecule has 0 atom stereocenters. The van der Waals surface area contributed by atoms with Crippen LogP contribution < -0.4 is 4.74 Å². The third kappa shape index (κ3) is 5.56. The summed E-state index contributed by atoms with van der Waals surface area (Å²) < 4.78 is 5.38. The summed E-state index contributed by atoms with van der Waals surface area (Å²) in [6.45, 7) is 1.75. The Hall–Kier alpha value is -1.15. The van der Waals surface area contributed by atoms with Gasteiger partial charge in [0.15, 0.2) is 0 Å². The summed E-state index contributed by atoms with van der Waals surface area (Å²) in [5.74, 6) is 7.58. The number of aliphatic hydroxyl groups is 1. The molecule has 0 aromatic heterocycles. The van der Waals surface area contributed by atoms with Gasteiger partial charge in [0, 0.05) is 30.0 Å². The molecule has 0 aliphatic rings. The Labute approximate surface area is 120 Å². The minimum Gasteiger partial charge on any atom is -0.496 e. The third-order valence-electron chi connectivity index (χ3n) is 2.71. The Morgan fingerprint density at radius 3 is 2.84 bits per heavy atom. The summed E-state index contributed by atoms with van der Waals surface area (Å²) in [5.41, 5.74) is 2.03. The molecule has 0 fully saturated rings. The largest absolute Gasteiger partial charge is 0.496 e. The van der Waals surface area contributed by atoms with Crippen LogP contribution in [0.3, 0.4) is 0 Å². The first kappa shape index (κ1) is 15.9. The zero-order valence-electron chi connectivity index (χ0n) is 11.8. The molecule has 1 aromatic rings. The SMILES string of the molecule is COc1ccc(C#CCO)cc1CN(C)CCSC. The van der Waals surface area contributed by atoms with Gasteiger partial charge in [-0.15, -0.1) is 0 Å². The number of methoxy groups -OCH3 is 1. The quantitative estimate of drug-likeness (QED) is 0.805. The first-order valence-corrected chi connectivity index (χ1v) is 7.54. The Morgan fingerprint density at radius 1 is 1.42 bits per heavy atom. The van der Waals surface area contributed by atoms with Gasteiger partial charge in [-0.25, -0.2) is 0 Å². The lowest BCUT2D eigenvalue weighted by Gasteiger charge is -2.18. The van der Waals surface area contributed by atoms with Gasteiger partial charge in [-0.2, -0.15) is 11.8 Å². The molecule has 104 valence electrons. The molecular weight excluding hydrogens is 258 g/mol. The molecule has 0 amide bonds. The minimum absolute atomic E-state index is 0.116. The van der Waals surface area contributed by atoms with Crippen molar-refractivity contribution >= 4 is 11.8 Å². The predicted octanol–water partition coefficient (Wildman–Crippen LogP) is 1.83. The second-order valence-corrected chi connectivity index (χ2v) is 5.20. The van der Waals surface area contributed by atoms with Crippen LogP contribution in [0, 0.1) is 11.8 Å². The van der Waals surface area contributed by atoms with Gasteiger partial charge < -0.3 is 14.7 Å². The maximum atomic E-state index is 8.73. The highest BCUT2D eigenvalue weighted by Crippen LogP contribution is 2.21. The van der Waals surface area contributed by atoms with Crippen LogP contribution in [-0.4, -0.2) is 49.3 Å². The molecule has 0 aliphatic heterocycles. The number of hydrogen-bond donors (Lipinski definition) is 1. The molecule has 4 heteroatoms. The van der Waals surface area contributed by atoms with E-state index < -0.39 is 0 Å². The molecule has 0 saturated heterocycles. The fraction of sp³-hybridized carbons (Fsp3) is 0.467. The first-order chi connectivity index (χ1) is 9.21. The molecule has 1 N–H and O–H groups in total. The maximum Gasteiger partial charge on any atom is 0.123 e. The van der Waals surface area contributed by atoms with Crippen molar-refractivity contribution < 1.29 is 9.84 Å². The number of hydrogen-bond acceptors (Lipinski definition) is 4. The fourth-order valence-corrected chi connectivity index (χ4v) is 2.23. The molecular formula is C15H21NO2S. The topological polar surface area (TPSA) is 32.7 Å². The van der Waals surface area contributed by atoms with Crippen LogP contribution in [0.25, 0.3) is 0 Å². The number of benzene rings is 1. The summed E-state index contributed by atoms with van der Waals surface area (Å²) >= 11 is 1.84. The normalized spacial score (nSPS) is 10.2. The Bertz CT molecular complexity index is 451. The van der Waals surface area contributed by atoms with Crippen LogP contribution in [0.2, 0.25) is 0 Å². The second-order valence-electron chi connectivity index (χ2n) is 4.22. The Balaban J connectivity index is 2.83. The Morgan fingerprint density at radius 2 is 2.21 bits per heavy atom. The van der Waals surface area contributed by atoms with Crippen molar-refractivity contribution in [3.63, 3.8) is 0 Å². The highest BCUT2D eigenvalue weighted by molar-refractivity contribution is 7.98. The average Bonchev–Trinajstić information content (AvgIpc) is 2.43. The van der Waals surface area contributed by atoms with E-state index in [1.807, 2.05) is 30.0 Å². The van der Waals surface area contributed by atoms with Gasteiger partial charge in [0.25, 0.3) is 0 Å². The standard InChI is InChI=1S/C15H21NO2S/c1-16(8-10-19-3)12-14-11-13(5-4-9-17)6-7-15(14)18-2/h6-7,11,17H,8-10,12H2,1-3H3. The van der Waals surface area contributed by atoms with Crippen LogP contribution in [0.4, 0.5) is 0 Å². The average molecular weight is 279 g/mol. The molecule has 0 radical (unpaired) electrons. The van der Waals surface area contributed by atoms with Gasteiger partial charge >= 0.3 is 0 Å². The summed E-state index contributed by atoms with van der Waals surface area (Å²) in [6.07, 6.45) is 2.11. The lowest BCUT2D eigenvalue weighted by atomic mass is 10.1. The van der Waals surface area contributed by atoms with E-state index in [1.165, 1.54) is 0 Å². The maximum absolute atomic E-state index is 8.73. The third-order valence-corrected chi connectivity index (χ3v) is 3.30. The second kappa shape index (κ2) is 8.87. The van der Waals surface area contributed by atoms with Gasteiger partial charge in [-0.1, -0.05) is 11.8 Å². The fourth-order valence-electron chi connectivity index (χ4n) is 1.74. The van der Waals surface area contributed by atoms with Crippen LogP contribution >= 0.6 is 11.8 Å². The number of nitrogens with zero attached hydrogens (tertiary/aromatic N) is 1. The molecule has 0 saturated carbocycles. The molecule has 0 unspecified atom stereocenters. The van der Waals surface area contributed by atoms with Crippen molar-refractivity contribution in [1.82, 2.24) is 4.90 Å². The van der Waals surface area contributed by atoms with E-state index in [-0.39, 0.29) is 6.61 Å². The summed E-state index contributed by atoms with van der Waals surface area (Å²) in [5, 5.41) is 8.73. The summed E-state index contributed by atoms with van der Waals surface area (Å²) in [6, 6.07) is 5.86. The van der Waals surface area contributed by atoms with Gasteiger partial charge in [0.05, 0.1) is 7.11 Å². The smallest absolute Gasteiger partial charge is 0.123 e. The van der Waals surface area contributed by atoms with E-state index in [1.54, 1.807) is 7.11 Å². The molecule has 1 rings (SSSR count). The van der Waals surface area contributed by atoms with Crippen molar-refractivity contribution in [2.75, 3.05) is 39.3 Å². The summed E-state index contributed by atoms with van der Waals surface area (Å²) in [7, 11) is 3.78. The van der Waals surface area contributed by atoms with Crippen molar-refractivity contribution in [2.24, 2.45) is 0 Å². The van der Waals surface area contributed by atoms with Crippen LogP contribution in [0.1, 0.15) is 11.1 Å². The van der Waals surface area contributed by atoms with E-state index in [2.05, 4.69) is 30.0 Å². The monoisotopic (exact) mass is 279 g/mol. The number of thioether (sulfide) groups is 1. The van der Waals surface area contributed by atoms with Gasteiger partial charge in [-0.05, 0) is 31.5 Å². The van der Waals surface area contributed by atoms with E-state index >= 15 is 0 Å². The minimum atomic E-state index is -0.116. The van der Waals surface area contributed by atoms with Gasteiger partial charge in [-0.3, -0.25) is 0 Å². The highest BCUT2D eigenvalue weighted by Gasteiger charge is 2.07. The Kier molecular flexibility index (Phi) is 7.42. The van der Waals surface area contributed by atoms with Crippen molar-refractivity contribution in [2.45, 2.75) is 6.54 Å². The molecule has 1 aromatic carbocycles. The van der Waals surface area contributed by atoms with E-state index in [0.29, 0.717) is 0 Å². The van der Waals surface area contributed by atoms with E-state index in [4.69, 9.17) is 9.84 Å². The summed E-state index contributed by atoms with van der Waals surface area (Å²) in [4.78, 5) is 2.26. The van der Waals surface area contributed by atoms with Crippen molar-refractivity contribution in [1.29, 1.82) is 0 Å². The number of rotatable bonds is 6. The first-order valence-electron chi connectivity index (χ1n) is 6.15. The highest BCUT2D eigenvalue weighted by atomic mass is 32.2. The predicted molar refractivity (Wildman–Crippen MR) is 81.7 cm³/mol. The van der Waals surface area contributed by atoms with Crippen LogP contribution in [-0.2, 0) is 6.54 Å². The number of aliphatic hydroxyl groups excluding tert-OH is 1. The van der Waals surface area contributed by atoms with E-state index in [0.717, 1.165) is 35.7 Å². The molecule has 0 bridgehead atoms. The lowest BCUT2D eigenvalue weighted by Crippen LogP contribution is -2.21. The van der Waals surface area contributed by atoms with Gasteiger partial charge in [0.1, 0.15) is 12.4 Å². The number of ether oxygens (including phenoxy) is 1. The van der Waals surface area contributed by atoms with Crippen LogP contribution in [0.5, 0.6) is 5.75 Å². The zero-order valence-corrected chi connectivity index (χ0v) is 12.6. The van der Waals surface area contributed by atoms with Crippen molar-refractivity contribution in [3.05, 3.63) is 29.3 Å². The molecule has 3 nitrogen and oxygen atoms in total. The van der Waals surface area contributed by atoms with E-state index in [9.17, 15) is 0 Å². The molecule has 0 aliphatic carbocycles. The zero-order chi connectivity index (χ0) is 14.1. The van der Waals surface area contributed by atoms with Gasteiger partial charge in [0.2, 0.25) is 0 Å². The molecule has 0 spiro atoms.